The molecule has 2 N–H and O–H groups in total. The Morgan fingerprint density at radius 3 is 2.85 bits per heavy atom. The largest absolute Gasteiger partial charge is 0.459 e. The number of fused-ring (bicyclic) bond motifs is 1. The molecule has 8 heteroatoms. The van der Waals surface area contributed by atoms with Gasteiger partial charge in [0.2, 0.25) is 5.91 Å². The van der Waals surface area contributed by atoms with Gasteiger partial charge in [-0.15, -0.1) is 0 Å². The molecule has 136 valence electrons. The van der Waals surface area contributed by atoms with Crippen molar-refractivity contribution in [1.82, 2.24) is 10.3 Å². The third kappa shape index (κ3) is 4.25. The minimum absolute atomic E-state index is 0.183. The first-order valence-corrected chi connectivity index (χ1v) is 10.3. The lowest BCUT2D eigenvalue weighted by Crippen LogP contribution is -2.44. The zero-order chi connectivity index (χ0) is 18.5. The number of thiazole rings is 1. The molecule has 6 nitrogen and oxygen atoms in total. The summed E-state index contributed by atoms with van der Waals surface area (Å²) in [6.45, 7) is 1.98. The van der Waals surface area contributed by atoms with Crippen LogP contribution in [0.1, 0.15) is 22.5 Å². The molecule has 0 radical (unpaired) electrons. The number of carbonyl (C=O) groups is 2. The third-order valence-electron chi connectivity index (χ3n) is 3.83. The fourth-order valence-corrected chi connectivity index (χ4v) is 3.89. The van der Waals surface area contributed by atoms with Gasteiger partial charge in [0.15, 0.2) is 10.9 Å². The monoisotopic (exact) mass is 389 g/mol. The molecule has 3 rings (SSSR count). The van der Waals surface area contributed by atoms with E-state index in [9.17, 15) is 9.59 Å². The van der Waals surface area contributed by atoms with Gasteiger partial charge in [-0.2, -0.15) is 11.8 Å². The van der Waals surface area contributed by atoms with Crippen molar-refractivity contribution in [1.29, 1.82) is 0 Å². The maximum Gasteiger partial charge on any atom is 0.287 e. The Morgan fingerprint density at radius 1 is 1.31 bits per heavy atom. The molecular weight excluding hydrogens is 370 g/mol. The summed E-state index contributed by atoms with van der Waals surface area (Å²) in [6, 6.07) is 8.46. The highest BCUT2D eigenvalue weighted by Gasteiger charge is 2.23. The number of furan rings is 1. The van der Waals surface area contributed by atoms with Crippen LogP contribution in [0.2, 0.25) is 0 Å². The fourth-order valence-electron chi connectivity index (χ4n) is 2.47. The number of aryl methyl sites for hydroxylation is 1. The normalized spacial score (nSPS) is 12.1. The van der Waals surface area contributed by atoms with Crippen LogP contribution in [0.4, 0.5) is 5.13 Å². The number of nitrogens with zero attached hydrogens (tertiary/aromatic N) is 1. The van der Waals surface area contributed by atoms with E-state index in [0.29, 0.717) is 11.6 Å². The summed E-state index contributed by atoms with van der Waals surface area (Å²) in [4.78, 5) is 29.4. The SMILES string of the molecule is CSCCC(NC(=O)c1ccco1)C(=O)Nc1nc2c(C)cccc2s1. The van der Waals surface area contributed by atoms with E-state index in [1.807, 2.05) is 31.4 Å². The van der Waals surface area contributed by atoms with Gasteiger partial charge in [0.05, 0.1) is 16.5 Å². The third-order valence-corrected chi connectivity index (χ3v) is 5.41. The van der Waals surface area contributed by atoms with Gasteiger partial charge in [0.25, 0.3) is 5.91 Å². The van der Waals surface area contributed by atoms with E-state index in [1.54, 1.807) is 23.9 Å². The molecule has 0 saturated carbocycles. The fraction of sp³-hybridized carbons (Fsp3) is 0.278. The predicted octanol–water partition coefficient (Wildman–Crippen LogP) is 3.69. The number of amides is 2. The van der Waals surface area contributed by atoms with Crippen molar-refractivity contribution in [3.05, 3.63) is 47.9 Å². The maximum atomic E-state index is 12.7. The lowest BCUT2D eigenvalue weighted by atomic mass is 10.2. The lowest BCUT2D eigenvalue weighted by Gasteiger charge is -2.16. The van der Waals surface area contributed by atoms with Crippen molar-refractivity contribution in [2.45, 2.75) is 19.4 Å². The number of hydrogen-bond acceptors (Lipinski definition) is 6. The highest BCUT2D eigenvalue weighted by molar-refractivity contribution is 7.98. The van der Waals surface area contributed by atoms with Crippen LogP contribution in [0.5, 0.6) is 0 Å². The van der Waals surface area contributed by atoms with Gasteiger partial charge in [-0.3, -0.25) is 9.59 Å². The van der Waals surface area contributed by atoms with Gasteiger partial charge < -0.3 is 15.1 Å². The van der Waals surface area contributed by atoms with Gasteiger partial charge in [0, 0.05) is 0 Å². The Hall–Kier alpha value is -2.32. The van der Waals surface area contributed by atoms with E-state index in [-0.39, 0.29) is 11.7 Å². The molecule has 0 aliphatic rings. The second kappa shape index (κ2) is 8.37. The second-order valence-corrected chi connectivity index (χ2v) is 7.73. The summed E-state index contributed by atoms with van der Waals surface area (Å²) < 4.78 is 6.11. The first-order valence-electron chi connectivity index (χ1n) is 8.09. The smallest absolute Gasteiger partial charge is 0.287 e. The molecule has 0 spiro atoms. The molecule has 2 heterocycles. The Balaban J connectivity index is 1.73. The van der Waals surface area contributed by atoms with Crippen molar-refractivity contribution in [2.24, 2.45) is 0 Å². The van der Waals surface area contributed by atoms with Crippen molar-refractivity contribution < 1.29 is 14.0 Å². The average Bonchev–Trinajstić information content (AvgIpc) is 3.28. The number of anilines is 1. The average molecular weight is 390 g/mol. The van der Waals surface area contributed by atoms with Crippen LogP contribution in [-0.2, 0) is 4.79 Å². The first kappa shape index (κ1) is 18.5. The van der Waals surface area contributed by atoms with Crippen molar-refractivity contribution in [3.63, 3.8) is 0 Å². The molecule has 0 aliphatic heterocycles. The molecule has 0 aliphatic carbocycles. The second-order valence-electron chi connectivity index (χ2n) is 5.71. The number of aromatic nitrogens is 1. The molecule has 2 aromatic heterocycles. The van der Waals surface area contributed by atoms with Crippen LogP contribution in [0.15, 0.2) is 41.0 Å². The number of rotatable bonds is 7. The zero-order valence-electron chi connectivity index (χ0n) is 14.4. The summed E-state index contributed by atoms with van der Waals surface area (Å²) in [5.74, 6) is 0.241. The van der Waals surface area contributed by atoms with Gasteiger partial charge >= 0.3 is 0 Å². The minimum Gasteiger partial charge on any atom is -0.459 e. The quantitative estimate of drug-likeness (QED) is 0.644. The minimum atomic E-state index is -0.659. The van der Waals surface area contributed by atoms with Crippen molar-refractivity contribution >= 4 is 50.3 Å². The standard InChI is InChI=1S/C18H19N3O3S2/c1-11-5-3-7-14-15(11)20-18(26-14)21-16(22)12(8-10-25-2)19-17(23)13-6-4-9-24-13/h3-7,9,12H,8,10H2,1-2H3,(H,19,23)(H,20,21,22). The van der Waals surface area contributed by atoms with E-state index >= 15 is 0 Å². The van der Waals surface area contributed by atoms with Crippen LogP contribution < -0.4 is 10.6 Å². The summed E-state index contributed by atoms with van der Waals surface area (Å²) in [6.07, 6.45) is 3.90. The molecule has 3 aromatic rings. The van der Waals surface area contributed by atoms with Crippen molar-refractivity contribution in [3.8, 4) is 0 Å². The molecule has 1 atom stereocenters. The number of carbonyl (C=O) groups excluding carboxylic acids is 2. The number of hydrogen-bond donors (Lipinski definition) is 2. The predicted molar refractivity (Wildman–Crippen MR) is 106 cm³/mol. The highest BCUT2D eigenvalue weighted by atomic mass is 32.2. The topological polar surface area (TPSA) is 84.2 Å². The van der Waals surface area contributed by atoms with Crippen LogP contribution in [0.25, 0.3) is 10.2 Å². The molecule has 26 heavy (non-hydrogen) atoms. The van der Waals surface area contributed by atoms with E-state index in [0.717, 1.165) is 21.5 Å². The van der Waals surface area contributed by atoms with E-state index in [1.165, 1.54) is 17.6 Å². The van der Waals surface area contributed by atoms with Crippen LogP contribution >= 0.6 is 23.1 Å². The highest BCUT2D eigenvalue weighted by Crippen LogP contribution is 2.28. The zero-order valence-corrected chi connectivity index (χ0v) is 16.1. The van der Waals surface area contributed by atoms with Gasteiger partial charge in [-0.05, 0) is 49.1 Å². The first-order chi connectivity index (χ1) is 12.6. The maximum absolute atomic E-state index is 12.7. The van der Waals surface area contributed by atoms with Crippen LogP contribution in [0.3, 0.4) is 0 Å². The molecule has 0 bridgehead atoms. The summed E-state index contributed by atoms with van der Waals surface area (Å²) >= 11 is 3.03. The van der Waals surface area contributed by atoms with Crippen LogP contribution in [-0.4, -0.2) is 34.8 Å². The molecule has 0 fully saturated rings. The van der Waals surface area contributed by atoms with Gasteiger partial charge in [0.1, 0.15) is 6.04 Å². The Morgan fingerprint density at radius 2 is 2.15 bits per heavy atom. The molecule has 1 unspecified atom stereocenters. The molecular formula is C18H19N3O3S2. The Bertz CT molecular complexity index is 906. The molecule has 2 amide bonds. The van der Waals surface area contributed by atoms with Gasteiger partial charge in [-0.25, -0.2) is 4.98 Å². The lowest BCUT2D eigenvalue weighted by molar-refractivity contribution is -0.118. The summed E-state index contributed by atoms with van der Waals surface area (Å²) in [7, 11) is 0. The van der Waals surface area contributed by atoms with E-state index < -0.39 is 11.9 Å². The number of para-hydroxylation sites is 1. The molecule has 0 saturated heterocycles. The van der Waals surface area contributed by atoms with E-state index in [2.05, 4.69) is 15.6 Å². The molecule has 1 aromatic carbocycles. The van der Waals surface area contributed by atoms with Crippen molar-refractivity contribution in [2.75, 3.05) is 17.3 Å². The van der Waals surface area contributed by atoms with Crippen LogP contribution in [0, 0.1) is 6.92 Å². The Labute approximate surface area is 159 Å². The number of benzene rings is 1. The summed E-state index contributed by atoms with van der Waals surface area (Å²) in [5, 5.41) is 6.10. The Kier molecular flexibility index (Phi) is 5.95. The number of thioether (sulfide) groups is 1. The van der Waals surface area contributed by atoms with E-state index in [4.69, 9.17) is 4.42 Å². The number of nitrogens with one attached hydrogen (secondary N) is 2. The summed E-state index contributed by atoms with van der Waals surface area (Å²) in [5.41, 5.74) is 1.94. The van der Waals surface area contributed by atoms with Gasteiger partial charge in [-0.1, -0.05) is 23.5 Å².